The van der Waals surface area contributed by atoms with E-state index < -0.39 is 5.97 Å². The molecule has 1 amide bonds. The molecule has 7 nitrogen and oxygen atoms in total. The minimum absolute atomic E-state index is 0.0548. The molecule has 1 saturated heterocycles. The van der Waals surface area contributed by atoms with Gasteiger partial charge in [-0.25, -0.2) is 4.79 Å². The number of nitrogens with zero attached hydrogens (tertiary/aromatic N) is 3. The van der Waals surface area contributed by atoms with Gasteiger partial charge in [0.15, 0.2) is 0 Å². The number of carbonyl (C=O) groups is 2. The minimum Gasteiger partial charge on any atom is -0.465 e. The lowest BCUT2D eigenvalue weighted by atomic mass is 10.0. The van der Waals surface area contributed by atoms with Crippen molar-refractivity contribution in [3.05, 3.63) is 65.2 Å². The summed E-state index contributed by atoms with van der Waals surface area (Å²) in [6.07, 6.45) is 0. The maximum atomic E-state index is 12.9. The summed E-state index contributed by atoms with van der Waals surface area (Å²) in [4.78, 5) is 31.8. The largest absolute Gasteiger partial charge is 0.465 e. The molecule has 0 spiro atoms. The zero-order chi connectivity index (χ0) is 22.4. The van der Waals surface area contributed by atoms with Crippen molar-refractivity contribution in [1.82, 2.24) is 15.1 Å². The fraction of sp³-hybridized carbons (Fsp3) is 0.417. The van der Waals surface area contributed by atoms with E-state index in [1.165, 1.54) is 7.11 Å². The van der Waals surface area contributed by atoms with Gasteiger partial charge >= 0.3 is 5.97 Å². The van der Waals surface area contributed by atoms with Crippen LogP contribution in [0.2, 0.25) is 0 Å². The zero-order valence-corrected chi connectivity index (χ0v) is 18.8. The van der Waals surface area contributed by atoms with Crippen LogP contribution in [0.15, 0.2) is 48.5 Å². The lowest BCUT2D eigenvalue weighted by Gasteiger charge is -2.38. The normalized spacial score (nSPS) is 15.9. The second kappa shape index (κ2) is 10.4. The van der Waals surface area contributed by atoms with E-state index in [1.54, 1.807) is 24.3 Å². The number of anilines is 1. The Morgan fingerprint density at radius 2 is 1.61 bits per heavy atom. The molecule has 0 bridgehead atoms. The van der Waals surface area contributed by atoms with Crippen LogP contribution >= 0.6 is 0 Å². The Kier molecular flexibility index (Phi) is 7.65. The van der Waals surface area contributed by atoms with Crippen LogP contribution in [0.4, 0.5) is 5.69 Å². The first kappa shape index (κ1) is 22.8. The molecule has 2 aromatic carbocycles. The monoisotopic (exact) mass is 424 g/mol. The van der Waals surface area contributed by atoms with Gasteiger partial charge < -0.3 is 19.9 Å². The van der Waals surface area contributed by atoms with Crippen molar-refractivity contribution in [2.75, 3.05) is 65.9 Å². The number of hydrogen-bond acceptors (Lipinski definition) is 6. The van der Waals surface area contributed by atoms with E-state index in [9.17, 15) is 9.59 Å². The number of nitrogens with one attached hydrogen (secondary N) is 1. The van der Waals surface area contributed by atoms with Gasteiger partial charge in [0, 0.05) is 52.5 Å². The standard InChI is InChI=1S/C24H32N4O3/c1-26(2)19-11-9-18(10-12-19)22(28-15-13-27(3)14-16-28)17-25-23(29)20-7-5-6-8-21(20)24(30)31-4/h5-12,22H,13-17H2,1-4H3,(H,25,29). The fourth-order valence-corrected chi connectivity index (χ4v) is 3.84. The highest BCUT2D eigenvalue weighted by Gasteiger charge is 2.25. The van der Waals surface area contributed by atoms with E-state index in [-0.39, 0.29) is 17.5 Å². The van der Waals surface area contributed by atoms with E-state index in [4.69, 9.17) is 4.74 Å². The van der Waals surface area contributed by atoms with Crippen LogP contribution in [0.3, 0.4) is 0 Å². The number of piperazine rings is 1. The van der Waals surface area contributed by atoms with Gasteiger partial charge in [0.05, 0.1) is 24.3 Å². The van der Waals surface area contributed by atoms with Gasteiger partial charge in [0.2, 0.25) is 0 Å². The van der Waals surface area contributed by atoms with Crippen molar-refractivity contribution in [2.45, 2.75) is 6.04 Å². The molecule has 31 heavy (non-hydrogen) atoms. The molecule has 1 unspecified atom stereocenters. The molecule has 2 aromatic rings. The first-order valence-electron chi connectivity index (χ1n) is 10.6. The third-order valence-corrected chi connectivity index (χ3v) is 5.81. The molecule has 1 fully saturated rings. The first-order valence-corrected chi connectivity index (χ1v) is 10.6. The van der Waals surface area contributed by atoms with Crippen molar-refractivity contribution >= 4 is 17.6 Å². The lowest BCUT2D eigenvalue weighted by molar-refractivity contribution is 0.0596. The third-order valence-electron chi connectivity index (χ3n) is 5.81. The minimum atomic E-state index is -0.513. The van der Waals surface area contributed by atoms with E-state index >= 15 is 0 Å². The number of benzene rings is 2. The SMILES string of the molecule is COC(=O)c1ccccc1C(=O)NCC(c1ccc(N(C)C)cc1)N1CCN(C)CC1. The van der Waals surface area contributed by atoms with E-state index in [1.807, 2.05) is 14.1 Å². The highest BCUT2D eigenvalue weighted by atomic mass is 16.5. The predicted octanol–water partition coefficient (Wildman–Crippen LogP) is 2.26. The molecule has 7 heteroatoms. The number of likely N-dealkylation sites (N-methyl/N-ethyl adjacent to an activating group) is 1. The maximum Gasteiger partial charge on any atom is 0.338 e. The summed E-state index contributed by atoms with van der Waals surface area (Å²) in [6, 6.07) is 15.3. The average molecular weight is 425 g/mol. The maximum absolute atomic E-state index is 12.9. The van der Waals surface area contributed by atoms with E-state index in [0.717, 1.165) is 37.4 Å². The van der Waals surface area contributed by atoms with Gasteiger partial charge in [0.25, 0.3) is 5.91 Å². The molecule has 0 aliphatic carbocycles. The van der Waals surface area contributed by atoms with Crippen LogP contribution in [0.1, 0.15) is 32.3 Å². The summed E-state index contributed by atoms with van der Waals surface area (Å²) in [7, 11) is 7.49. The summed E-state index contributed by atoms with van der Waals surface area (Å²) < 4.78 is 4.82. The van der Waals surface area contributed by atoms with Gasteiger partial charge in [-0.1, -0.05) is 24.3 Å². The van der Waals surface area contributed by atoms with Gasteiger partial charge in [-0.2, -0.15) is 0 Å². The number of methoxy groups -OCH3 is 1. The number of esters is 1. The van der Waals surface area contributed by atoms with Gasteiger partial charge in [-0.05, 0) is 36.9 Å². The van der Waals surface area contributed by atoms with Gasteiger partial charge in [-0.15, -0.1) is 0 Å². The number of carbonyl (C=O) groups excluding carboxylic acids is 2. The molecule has 0 radical (unpaired) electrons. The Hall–Kier alpha value is -2.90. The summed E-state index contributed by atoms with van der Waals surface area (Å²) in [6.45, 7) is 4.31. The van der Waals surface area contributed by atoms with Gasteiger partial charge in [-0.3, -0.25) is 9.69 Å². The van der Waals surface area contributed by atoms with Crippen LogP contribution in [-0.4, -0.2) is 82.7 Å². The fourth-order valence-electron chi connectivity index (χ4n) is 3.84. The van der Waals surface area contributed by atoms with Gasteiger partial charge in [0.1, 0.15) is 0 Å². The van der Waals surface area contributed by atoms with Crippen LogP contribution in [0.5, 0.6) is 0 Å². The molecule has 1 heterocycles. The first-order chi connectivity index (χ1) is 14.9. The summed E-state index contributed by atoms with van der Waals surface area (Å²) in [5.74, 6) is -0.786. The highest BCUT2D eigenvalue weighted by Crippen LogP contribution is 2.24. The zero-order valence-electron chi connectivity index (χ0n) is 18.8. The Bertz CT molecular complexity index is 890. The average Bonchev–Trinajstić information content (AvgIpc) is 2.80. The van der Waals surface area contributed by atoms with Crippen LogP contribution < -0.4 is 10.2 Å². The summed E-state index contributed by atoms with van der Waals surface area (Å²) >= 11 is 0. The number of amides is 1. The second-order valence-corrected chi connectivity index (χ2v) is 8.09. The molecule has 3 rings (SSSR count). The third kappa shape index (κ3) is 5.62. The highest BCUT2D eigenvalue weighted by molar-refractivity contribution is 6.05. The van der Waals surface area contributed by atoms with Crippen LogP contribution in [0, 0.1) is 0 Å². The van der Waals surface area contributed by atoms with E-state index in [2.05, 4.69) is 51.3 Å². The number of hydrogen-bond donors (Lipinski definition) is 1. The smallest absolute Gasteiger partial charge is 0.338 e. The van der Waals surface area contributed by atoms with Crippen LogP contribution in [-0.2, 0) is 4.74 Å². The van der Waals surface area contributed by atoms with E-state index in [0.29, 0.717) is 12.1 Å². The topological polar surface area (TPSA) is 65.1 Å². The molecule has 166 valence electrons. The molecule has 0 saturated carbocycles. The number of rotatable bonds is 7. The summed E-state index contributed by atoms with van der Waals surface area (Å²) in [5, 5.41) is 3.05. The van der Waals surface area contributed by atoms with Crippen molar-refractivity contribution < 1.29 is 14.3 Å². The predicted molar refractivity (Wildman–Crippen MR) is 123 cm³/mol. The Balaban J connectivity index is 1.79. The molecular weight excluding hydrogens is 392 g/mol. The molecule has 1 aliphatic rings. The van der Waals surface area contributed by atoms with Crippen molar-refractivity contribution in [3.8, 4) is 0 Å². The lowest BCUT2D eigenvalue weighted by Crippen LogP contribution is -2.48. The molecule has 0 aromatic heterocycles. The quantitative estimate of drug-likeness (QED) is 0.688. The Morgan fingerprint density at radius 1 is 1.00 bits per heavy atom. The second-order valence-electron chi connectivity index (χ2n) is 8.09. The Labute approximate surface area is 184 Å². The molecule has 1 aliphatic heterocycles. The molecular formula is C24H32N4O3. The summed E-state index contributed by atoms with van der Waals surface area (Å²) in [5.41, 5.74) is 2.90. The van der Waals surface area contributed by atoms with Crippen molar-refractivity contribution in [2.24, 2.45) is 0 Å². The van der Waals surface area contributed by atoms with Crippen molar-refractivity contribution in [3.63, 3.8) is 0 Å². The molecule has 1 atom stereocenters. The van der Waals surface area contributed by atoms with Crippen molar-refractivity contribution in [1.29, 1.82) is 0 Å². The Morgan fingerprint density at radius 3 is 2.19 bits per heavy atom. The molecule has 1 N–H and O–H groups in total. The number of ether oxygens (including phenoxy) is 1. The van der Waals surface area contributed by atoms with Crippen LogP contribution in [0.25, 0.3) is 0 Å².